The predicted molar refractivity (Wildman–Crippen MR) is 76.7 cm³/mol. The zero-order valence-corrected chi connectivity index (χ0v) is 12.0. The molecule has 0 unspecified atom stereocenters. The summed E-state index contributed by atoms with van der Waals surface area (Å²) < 4.78 is 5.03. The summed E-state index contributed by atoms with van der Waals surface area (Å²) in [6.07, 6.45) is -0.192. The fourth-order valence-corrected chi connectivity index (χ4v) is 2.50. The summed E-state index contributed by atoms with van der Waals surface area (Å²) in [5.74, 6) is 0. The summed E-state index contributed by atoms with van der Waals surface area (Å²) in [7, 11) is 0. The first-order valence-electron chi connectivity index (χ1n) is 6.85. The number of anilines is 1. The molecule has 0 radical (unpaired) electrons. The average molecular weight is 262 g/mol. The molecule has 0 aromatic heterocycles. The lowest BCUT2D eigenvalue weighted by atomic mass is 10.1. The number of amides is 1. The Labute approximate surface area is 115 Å². The smallest absolute Gasteiger partial charge is 0.409 e. The second-order valence-electron chi connectivity index (χ2n) is 4.96. The van der Waals surface area contributed by atoms with Gasteiger partial charge in [-0.3, -0.25) is 0 Å². The summed E-state index contributed by atoms with van der Waals surface area (Å²) in [5.41, 5.74) is 3.85. The summed E-state index contributed by atoms with van der Waals surface area (Å²) >= 11 is 0. The Bertz CT molecular complexity index is 451. The number of rotatable bonds is 2. The van der Waals surface area contributed by atoms with Gasteiger partial charge in [0, 0.05) is 31.9 Å². The molecule has 1 aromatic rings. The molecule has 1 aliphatic heterocycles. The summed E-state index contributed by atoms with van der Waals surface area (Å²) in [4.78, 5) is 15.8. The fourth-order valence-electron chi connectivity index (χ4n) is 2.50. The Morgan fingerprint density at radius 3 is 2.47 bits per heavy atom. The molecule has 4 nitrogen and oxygen atoms in total. The van der Waals surface area contributed by atoms with Gasteiger partial charge in [-0.05, 0) is 32.4 Å². The second-order valence-corrected chi connectivity index (χ2v) is 4.96. The molecule has 1 aromatic carbocycles. The van der Waals surface area contributed by atoms with Gasteiger partial charge >= 0.3 is 6.09 Å². The van der Waals surface area contributed by atoms with Crippen molar-refractivity contribution < 1.29 is 9.53 Å². The lowest BCUT2D eigenvalue weighted by Gasteiger charge is -2.36. The van der Waals surface area contributed by atoms with Gasteiger partial charge in [-0.15, -0.1) is 0 Å². The van der Waals surface area contributed by atoms with Crippen molar-refractivity contribution in [1.29, 1.82) is 0 Å². The number of ether oxygens (including phenoxy) is 1. The maximum absolute atomic E-state index is 11.6. The number of carbonyl (C=O) groups excluding carboxylic acids is 1. The Morgan fingerprint density at radius 2 is 1.89 bits per heavy atom. The molecule has 0 bridgehead atoms. The van der Waals surface area contributed by atoms with Gasteiger partial charge in [0.1, 0.15) is 0 Å². The van der Waals surface area contributed by atoms with Gasteiger partial charge in [0.15, 0.2) is 0 Å². The number of nitrogens with zero attached hydrogens (tertiary/aromatic N) is 2. The van der Waals surface area contributed by atoms with Gasteiger partial charge in [-0.2, -0.15) is 0 Å². The molecule has 4 heteroatoms. The van der Waals surface area contributed by atoms with Crippen LogP contribution in [0.3, 0.4) is 0 Å². The van der Waals surface area contributed by atoms with Crippen LogP contribution in [0.2, 0.25) is 0 Å². The molecular weight excluding hydrogens is 240 g/mol. The number of aryl methyl sites for hydroxylation is 2. The molecule has 0 aliphatic carbocycles. The Kier molecular flexibility index (Phi) is 4.30. The minimum Gasteiger partial charge on any atom is -0.450 e. The predicted octanol–water partition coefficient (Wildman–Crippen LogP) is 2.58. The van der Waals surface area contributed by atoms with E-state index in [1.165, 1.54) is 16.8 Å². The van der Waals surface area contributed by atoms with Crippen LogP contribution in [0.4, 0.5) is 10.5 Å². The number of hydrogen-bond acceptors (Lipinski definition) is 3. The van der Waals surface area contributed by atoms with Crippen molar-refractivity contribution in [2.45, 2.75) is 20.8 Å². The standard InChI is InChI=1S/C15H22N2O2/c1-4-19-15(18)17-9-7-16(8-10-17)14-6-5-12(2)11-13(14)3/h5-6,11H,4,7-10H2,1-3H3. The molecule has 104 valence electrons. The van der Waals surface area contributed by atoms with Crippen molar-refractivity contribution in [2.75, 3.05) is 37.7 Å². The van der Waals surface area contributed by atoms with E-state index in [9.17, 15) is 4.79 Å². The highest BCUT2D eigenvalue weighted by Crippen LogP contribution is 2.22. The Hall–Kier alpha value is -1.71. The van der Waals surface area contributed by atoms with Gasteiger partial charge in [-0.1, -0.05) is 17.7 Å². The van der Waals surface area contributed by atoms with Crippen molar-refractivity contribution in [3.8, 4) is 0 Å². The number of benzene rings is 1. The van der Waals surface area contributed by atoms with Crippen LogP contribution in [0.15, 0.2) is 18.2 Å². The van der Waals surface area contributed by atoms with E-state index in [-0.39, 0.29) is 6.09 Å². The molecule has 1 amide bonds. The Morgan fingerprint density at radius 1 is 1.21 bits per heavy atom. The van der Waals surface area contributed by atoms with Crippen LogP contribution in [0.25, 0.3) is 0 Å². The van der Waals surface area contributed by atoms with Crippen molar-refractivity contribution in [1.82, 2.24) is 4.90 Å². The second kappa shape index (κ2) is 5.95. The van der Waals surface area contributed by atoms with Gasteiger partial charge in [0.25, 0.3) is 0 Å². The third kappa shape index (κ3) is 3.19. The van der Waals surface area contributed by atoms with E-state index in [1.807, 2.05) is 6.92 Å². The molecule has 1 aliphatic rings. The molecule has 0 saturated carbocycles. The summed E-state index contributed by atoms with van der Waals surface area (Å²) in [6, 6.07) is 6.51. The molecule has 2 rings (SSSR count). The number of piperazine rings is 1. The van der Waals surface area contributed by atoms with E-state index < -0.39 is 0 Å². The molecule has 0 atom stereocenters. The largest absolute Gasteiger partial charge is 0.450 e. The molecule has 0 N–H and O–H groups in total. The SMILES string of the molecule is CCOC(=O)N1CCN(c2ccc(C)cc2C)CC1. The zero-order valence-electron chi connectivity index (χ0n) is 12.0. The fraction of sp³-hybridized carbons (Fsp3) is 0.533. The van der Waals surface area contributed by atoms with Gasteiger partial charge in [-0.25, -0.2) is 4.79 Å². The van der Waals surface area contributed by atoms with Crippen molar-refractivity contribution in [2.24, 2.45) is 0 Å². The minimum atomic E-state index is -0.192. The quantitative estimate of drug-likeness (QED) is 0.821. The van der Waals surface area contributed by atoms with Crippen molar-refractivity contribution in [3.63, 3.8) is 0 Å². The normalized spacial score (nSPS) is 15.5. The first kappa shape index (κ1) is 13.7. The minimum absolute atomic E-state index is 0.192. The van der Waals surface area contributed by atoms with E-state index in [0.29, 0.717) is 6.61 Å². The van der Waals surface area contributed by atoms with Gasteiger partial charge in [0.05, 0.1) is 6.61 Å². The third-order valence-corrected chi connectivity index (χ3v) is 3.50. The topological polar surface area (TPSA) is 32.8 Å². The molecule has 0 spiro atoms. The van der Waals surface area contributed by atoms with E-state index in [4.69, 9.17) is 4.74 Å². The lowest BCUT2D eigenvalue weighted by Crippen LogP contribution is -2.49. The number of carbonyl (C=O) groups is 1. The highest BCUT2D eigenvalue weighted by molar-refractivity contribution is 5.68. The van der Waals surface area contributed by atoms with Crippen molar-refractivity contribution >= 4 is 11.8 Å². The molecule has 1 saturated heterocycles. The molecular formula is C15H22N2O2. The van der Waals surface area contributed by atoms with E-state index >= 15 is 0 Å². The van der Waals surface area contributed by atoms with Gasteiger partial charge in [0.2, 0.25) is 0 Å². The average Bonchev–Trinajstić information content (AvgIpc) is 2.39. The van der Waals surface area contributed by atoms with Crippen LogP contribution in [0.1, 0.15) is 18.1 Å². The Balaban J connectivity index is 1.98. The van der Waals surface area contributed by atoms with E-state index in [2.05, 4.69) is 36.9 Å². The lowest BCUT2D eigenvalue weighted by molar-refractivity contribution is 0.105. The first-order chi connectivity index (χ1) is 9.11. The van der Waals surface area contributed by atoms with Crippen LogP contribution in [0, 0.1) is 13.8 Å². The first-order valence-corrected chi connectivity index (χ1v) is 6.85. The van der Waals surface area contributed by atoms with Crippen molar-refractivity contribution in [3.05, 3.63) is 29.3 Å². The van der Waals surface area contributed by atoms with Gasteiger partial charge < -0.3 is 14.5 Å². The molecule has 19 heavy (non-hydrogen) atoms. The van der Waals surface area contributed by atoms with Crippen LogP contribution < -0.4 is 4.90 Å². The van der Waals surface area contributed by atoms with Crippen LogP contribution in [0.5, 0.6) is 0 Å². The zero-order chi connectivity index (χ0) is 13.8. The maximum atomic E-state index is 11.6. The van der Waals surface area contributed by atoms with Crippen LogP contribution in [-0.4, -0.2) is 43.8 Å². The summed E-state index contributed by atoms with van der Waals surface area (Å²) in [5, 5.41) is 0. The van der Waals surface area contributed by atoms with E-state index in [1.54, 1.807) is 4.90 Å². The highest BCUT2D eigenvalue weighted by atomic mass is 16.6. The maximum Gasteiger partial charge on any atom is 0.409 e. The monoisotopic (exact) mass is 262 g/mol. The van der Waals surface area contributed by atoms with E-state index in [0.717, 1.165) is 26.2 Å². The molecule has 1 heterocycles. The summed E-state index contributed by atoms with van der Waals surface area (Å²) in [6.45, 7) is 9.71. The third-order valence-electron chi connectivity index (χ3n) is 3.50. The number of hydrogen-bond donors (Lipinski definition) is 0. The van der Waals surface area contributed by atoms with Crippen LogP contribution >= 0.6 is 0 Å². The highest BCUT2D eigenvalue weighted by Gasteiger charge is 2.22. The van der Waals surface area contributed by atoms with Crippen LogP contribution in [-0.2, 0) is 4.74 Å². The molecule has 1 fully saturated rings.